The van der Waals surface area contributed by atoms with Crippen molar-refractivity contribution < 1.29 is 8.42 Å². The third kappa shape index (κ3) is 3.50. The van der Waals surface area contributed by atoms with E-state index < -0.39 is 10.0 Å². The number of hydrogen-bond donors (Lipinski definition) is 3. The lowest BCUT2D eigenvalue weighted by Crippen LogP contribution is -2.19. The molecule has 0 spiro atoms. The number of nitrogens with zero attached hydrogens (tertiary/aromatic N) is 1. The van der Waals surface area contributed by atoms with Crippen LogP contribution in [0.15, 0.2) is 47.6 Å². The third-order valence-electron chi connectivity index (χ3n) is 3.18. The molecule has 0 aliphatic carbocycles. The molecule has 4 N–H and O–H groups in total. The maximum Gasteiger partial charge on any atom is 0.240 e. The van der Waals surface area contributed by atoms with Gasteiger partial charge in [-0.05, 0) is 49.9 Å². The molecular weight excluding hydrogens is 288 g/mol. The summed E-state index contributed by atoms with van der Waals surface area (Å²) in [6.07, 6.45) is 3.44. The summed E-state index contributed by atoms with van der Waals surface area (Å²) in [5.41, 5.74) is 8.07. The smallest absolute Gasteiger partial charge is 0.240 e. The highest BCUT2D eigenvalue weighted by molar-refractivity contribution is 7.89. The van der Waals surface area contributed by atoms with E-state index in [4.69, 9.17) is 5.73 Å². The molecule has 0 aliphatic heterocycles. The lowest BCUT2D eigenvalue weighted by molar-refractivity contribution is 0.588. The molecule has 1 atom stereocenters. The van der Waals surface area contributed by atoms with Gasteiger partial charge in [0.15, 0.2) is 0 Å². The first-order valence-electron chi connectivity index (χ1n) is 6.43. The minimum absolute atomic E-state index is 0.0297. The SMILES string of the molecule is CNS(=O)(=O)c1ccc(NC(C)c2ccncc2)c(N)c1. The van der Waals surface area contributed by atoms with Gasteiger partial charge in [-0.1, -0.05) is 0 Å². The first-order valence-corrected chi connectivity index (χ1v) is 7.92. The van der Waals surface area contributed by atoms with Crippen LogP contribution in [0, 0.1) is 0 Å². The van der Waals surface area contributed by atoms with Crippen LogP contribution in [0.4, 0.5) is 11.4 Å². The number of nitrogen functional groups attached to an aromatic ring is 1. The molecule has 0 amide bonds. The van der Waals surface area contributed by atoms with Gasteiger partial charge in [0.2, 0.25) is 10.0 Å². The van der Waals surface area contributed by atoms with E-state index in [0.717, 1.165) is 5.56 Å². The van der Waals surface area contributed by atoms with Gasteiger partial charge in [-0.15, -0.1) is 0 Å². The van der Waals surface area contributed by atoms with Crippen molar-refractivity contribution in [3.8, 4) is 0 Å². The molecule has 1 unspecified atom stereocenters. The number of rotatable bonds is 5. The first kappa shape index (κ1) is 15.3. The van der Waals surface area contributed by atoms with Gasteiger partial charge in [0, 0.05) is 18.4 Å². The minimum atomic E-state index is -3.48. The fourth-order valence-corrected chi connectivity index (χ4v) is 2.69. The van der Waals surface area contributed by atoms with Crippen LogP contribution in [0.5, 0.6) is 0 Å². The number of sulfonamides is 1. The van der Waals surface area contributed by atoms with E-state index in [2.05, 4.69) is 15.0 Å². The largest absolute Gasteiger partial charge is 0.397 e. The second-order valence-electron chi connectivity index (χ2n) is 4.60. The standard InChI is InChI=1S/C14H18N4O2S/c1-10(11-5-7-17-8-6-11)18-14-4-3-12(9-13(14)15)21(19,20)16-2/h3-10,16,18H,15H2,1-2H3. The zero-order valence-corrected chi connectivity index (χ0v) is 12.7. The summed E-state index contributed by atoms with van der Waals surface area (Å²) >= 11 is 0. The lowest BCUT2D eigenvalue weighted by Gasteiger charge is -2.17. The monoisotopic (exact) mass is 306 g/mol. The molecule has 0 fully saturated rings. The maximum atomic E-state index is 11.7. The van der Waals surface area contributed by atoms with Crippen molar-refractivity contribution in [1.29, 1.82) is 0 Å². The number of pyridine rings is 1. The topological polar surface area (TPSA) is 97.1 Å². The summed E-state index contributed by atoms with van der Waals surface area (Å²) in [4.78, 5) is 4.12. The Kier molecular flexibility index (Phi) is 4.44. The van der Waals surface area contributed by atoms with Crippen molar-refractivity contribution in [2.45, 2.75) is 17.9 Å². The number of benzene rings is 1. The molecule has 0 saturated carbocycles. The molecular formula is C14H18N4O2S. The van der Waals surface area contributed by atoms with Crippen LogP contribution in [0.25, 0.3) is 0 Å². The molecule has 0 bridgehead atoms. The van der Waals surface area contributed by atoms with Crippen LogP contribution in [0.1, 0.15) is 18.5 Å². The molecule has 0 saturated heterocycles. The van der Waals surface area contributed by atoms with Crippen LogP contribution in [-0.2, 0) is 10.0 Å². The van der Waals surface area contributed by atoms with Crippen molar-refractivity contribution in [3.63, 3.8) is 0 Å². The van der Waals surface area contributed by atoms with Gasteiger partial charge < -0.3 is 11.1 Å². The molecule has 21 heavy (non-hydrogen) atoms. The van der Waals surface area contributed by atoms with Gasteiger partial charge >= 0.3 is 0 Å². The van der Waals surface area contributed by atoms with Crippen molar-refractivity contribution in [2.24, 2.45) is 0 Å². The molecule has 1 heterocycles. The van der Waals surface area contributed by atoms with E-state index in [0.29, 0.717) is 11.4 Å². The Labute approximate surface area is 124 Å². The summed E-state index contributed by atoms with van der Waals surface area (Å²) in [5.74, 6) is 0. The highest BCUT2D eigenvalue weighted by atomic mass is 32.2. The Hall–Kier alpha value is -2.12. The normalized spacial score (nSPS) is 12.9. The maximum absolute atomic E-state index is 11.7. The van der Waals surface area contributed by atoms with E-state index >= 15 is 0 Å². The van der Waals surface area contributed by atoms with Crippen LogP contribution < -0.4 is 15.8 Å². The number of aromatic nitrogens is 1. The Morgan fingerprint density at radius 1 is 1.19 bits per heavy atom. The van der Waals surface area contributed by atoms with Gasteiger partial charge in [-0.2, -0.15) is 0 Å². The van der Waals surface area contributed by atoms with Gasteiger partial charge in [-0.25, -0.2) is 13.1 Å². The van der Waals surface area contributed by atoms with Gasteiger partial charge in [0.1, 0.15) is 0 Å². The summed E-state index contributed by atoms with van der Waals surface area (Å²) in [6, 6.07) is 8.47. The molecule has 0 aliphatic rings. The molecule has 1 aromatic heterocycles. The predicted molar refractivity (Wildman–Crippen MR) is 83.4 cm³/mol. The van der Waals surface area contributed by atoms with Crippen LogP contribution in [0.3, 0.4) is 0 Å². The van der Waals surface area contributed by atoms with Crippen molar-refractivity contribution in [1.82, 2.24) is 9.71 Å². The summed E-state index contributed by atoms with van der Waals surface area (Å²) in [6.45, 7) is 1.99. The molecule has 6 nitrogen and oxygen atoms in total. The fraction of sp³-hybridized carbons (Fsp3) is 0.214. The fourth-order valence-electron chi connectivity index (χ4n) is 1.93. The molecule has 7 heteroatoms. The first-order chi connectivity index (χ1) is 9.94. The molecule has 112 valence electrons. The number of anilines is 2. The lowest BCUT2D eigenvalue weighted by atomic mass is 10.1. The van der Waals surface area contributed by atoms with Crippen LogP contribution in [-0.4, -0.2) is 20.4 Å². The molecule has 1 aromatic carbocycles. The van der Waals surface area contributed by atoms with E-state index in [9.17, 15) is 8.42 Å². The molecule has 2 aromatic rings. The van der Waals surface area contributed by atoms with Crippen molar-refractivity contribution >= 4 is 21.4 Å². The van der Waals surface area contributed by atoms with E-state index in [-0.39, 0.29) is 10.9 Å². The Morgan fingerprint density at radius 2 is 1.86 bits per heavy atom. The summed E-state index contributed by atoms with van der Waals surface area (Å²) < 4.78 is 25.7. The van der Waals surface area contributed by atoms with Crippen molar-refractivity contribution in [3.05, 3.63) is 48.3 Å². The van der Waals surface area contributed by atoms with Gasteiger partial charge in [0.05, 0.1) is 16.3 Å². The Bertz CT molecular complexity index is 717. The summed E-state index contributed by atoms with van der Waals surface area (Å²) in [5, 5.41) is 3.26. The average molecular weight is 306 g/mol. The van der Waals surface area contributed by atoms with Gasteiger partial charge in [0.25, 0.3) is 0 Å². The van der Waals surface area contributed by atoms with Crippen molar-refractivity contribution in [2.75, 3.05) is 18.1 Å². The average Bonchev–Trinajstić information content (AvgIpc) is 2.50. The highest BCUT2D eigenvalue weighted by Gasteiger charge is 2.14. The second-order valence-corrected chi connectivity index (χ2v) is 6.49. The van der Waals surface area contributed by atoms with Gasteiger partial charge in [-0.3, -0.25) is 4.98 Å². The van der Waals surface area contributed by atoms with E-state index in [1.165, 1.54) is 19.2 Å². The van der Waals surface area contributed by atoms with E-state index in [1.54, 1.807) is 18.5 Å². The molecule has 2 rings (SSSR count). The Morgan fingerprint density at radius 3 is 2.43 bits per heavy atom. The number of hydrogen-bond acceptors (Lipinski definition) is 5. The summed E-state index contributed by atoms with van der Waals surface area (Å²) in [7, 11) is -2.12. The quantitative estimate of drug-likeness (QED) is 0.731. The zero-order valence-electron chi connectivity index (χ0n) is 11.9. The number of nitrogens with two attached hydrogens (primary N) is 1. The third-order valence-corrected chi connectivity index (χ3v) is 4.59. The predicted octanol–water partition coefficient (Wildman–Crippen LogP) is 1.74. The second kappa shape index (κ2) is 6.11. The van der Waals surface area contributed by atoms with Crippen LogP contribution in [0.2, 0.25) is 0 Å². The zero-order chi connectivity index (χ0) is 15.5. The van der Waals surface area contributed by atoms with Crippen LogP contribution >= 0.6 is 0 Å². The minimum Gasteiger partial charge on any atom is -0.397 e. The Balaban J connectivity index is 2.23. The molecule has 0 radical (unpaired) electrons. The van der Waals surface area contributed by atoms with E-state index in [1.807, 2.05) is 19.1 Å². The highest BCUT2D eigenvalue weighted by Crippen LogP contribution is 2.26. The number of nitrogens with one attached hydrogen (secondary N) is 2.